The van der Waals surface area contributed by atoms with Gasteiger partial charge < -0.3 is 14.2 Å². The number of benzene rings is 2. The molecule has 22 heavy (non-hydrogen) atoms. The Hall–Kier alpha value is -2.22. The molecule has 0 amide bonds. The molecule has 0 saturated heterocycles. The summed E-state index contributed by atoms with van der Waals surface area (Å²) in [5.41, 5.74) is 0.415. The number of hydrogen-bond donors (Lipinski definition) is 0. The monoisotopic (exact) mass is 317 g/mol. The summed E-state index contributed by atoms with van der Waals surface area (Å²) in [6.07, 6.45) is -0.283. The highest BCUT2D eigenvalue weighted by molar-refractivity contribution is 6.31. The molecule has 2 rings (SSSR count). The maximum atomic E-state index is 8.87. The van der Waals surface area contributed by atoms with Crippen molar-refractivity contribution >= 4 is 11.6 Å². The molecule has 0 aromatic heterocycles. The molecular formula is C17H16ClNO3. The van der Waals surface area contributed by atoms with Crippen molar-refractivity contribution in [2.24, 2.45) is 0 Å². The van der Waals surface area contributed by atoms with Gasteiger partial charge in [0, 0.05) is 13.2 Å². The molecule has 0 saturated carbocycles. The quantitative estimate of drug-likeness (QED) is 0.781. The SMILES string of the molecule is COCC(COc1ccccc1)Oc1ccc(C#N)c(Cl)c1. The lowest BCUT2D eigenvalue weighted by atomic mass is 10.2. The van der Waals surface area contributed by atoms with Crippen molar-refractivity contribution in [1.82, 2.24) is 0 Å². The van der Waals surface area contributed by atoms with Crippen LogP contribution in [0.2, 0.25) is 5.02 Å². The van der Waals surface area contributed by atoms with Crippen LogP contribution in [0.15, 0.2) is 48.5 Å². The van der Waals surface area contributed by atoms with Crippen LogP contribution in [0, 0.1) is 11.3 Å². The Morgan fingerprint density at radius 2 is 1.86 bits per heavy atom. The first-order chi connectivity index (χ1) is 10.7. The Morgan fingerprint density at radius 1 is 1.09 bits per heavy atom. The second-order valence-electron chi connectivity index (χ2n) is 4.57. The highest BCUT2D eigenvalue weighted by atomic mass is 35.5. The summed E-state index contributed by atoms with van der Waals surface area (Å²) < 4.78 is 16.6. The van der Waals surface area contributed by atoms with Crippen LogP contribution in [0.1, 0.15) is 5.56 Å². The molecule has 0 aliphatic heterocycles. The van der Waals surface area contributed by atoms with Gasteiger partial charge in [-0.05, 0) is 24.3 Å². The lowest BCUT2D eigenvalue weighted by Crippen LogP contribution is -2.29. The van der Waals surface area contributed by atoms with Gasteiger partial charge in [0.25, 0.3) is 0 Å². The molecule has 0 aliphatic rings. The molecule has 1 unspecified atom stereocenters. The smallest absolute Gasteiger partial charge is 0.156 e. The molecule has 114 valence electrons. The molecule has 5 heteroatoms. The van der Waals surface area contributed by atoms with Crippen molar-refractivity contribution in [2.45, 2.75) is 6.10 Å². The number of methoxy groups -OCH3 is 1. The van der Waals surface area contributed by atoms with E-state index >= 15 is 0 Å². The predicted molar refractivity (Wildman–Crippen MR) is 84.4 cm³/mol. The van der Waals surface area contributed by atoms with Crippen molar-refractivity contribution < 1.29 is 14.2 Å². The van der Waals surface area contributed by atoms with E-state index in [0.717, 1.165) is 5.75 Å². The van der Waals surface area contributed by atoms with E-state index in [1.807, 2.05) is 36.4 Å². The van der Waals surface area contributed by atoms with Gasteiger partial charge in [-0.1, -0.05) is 29.8 Å². The van der Waals surface area contributed by atoms with Gasteiger partial charge in [-0.25, -0.2) is 0 Å². The summed E-state index contributed by atoms with van der Waals surface area (Å²) in [5, 5.41) is 9.23. The first kappa shape index (κ1) is 16.2. The summed E-state index contributed by atoms with van der Waals surface area (Å²) in [6.45, 7) is 0.722. The number of ether oxygens (including phenoxy) is 3. The average molecular weight is 318 g/mol. The van der Waals surface area contributed by atoms with E-state index in [0.29, 0.717) is 29.5 Å². The fourth-order valence-electron chi connectivity index (χ4n) is 1.86. The van der Waals surface area contributed by atoms with Gasteiger partial charge in [0.1, 0.15) is 24.2 Å². The Kier molecular flexibility index (Phi) is 6.08. The fourth-order valence-corrected chi connectivity index (χ4v) is 2.07. The van der Waals surface area contributed by atoms with E-state index in [4.69, 9.17) is 31.1 Å². The summed E-state index contributed by atoms with van der Waals surface area (Å²) in [6, 6.07) is 16.4. The number of hydrogen-bond acceptors (Lipinski definition) is 4. The van der Waals surface area contributed by atoms with Crippen molar-refractivity contribution in [3.63, 3.8) is 0 Å². The van der Waals surface area contributed by atoms with E-state index in [1.165, 1.54) is 0 Å². The first-order valence-electron chi connectivity index (χ1n) is 6.76. The maximum absolute atomic E-state index is 8.87. The number of halogens is 1. The highest BCUT2D eigenvalue weighted by Gasteiger charge is 2.13. The van der Waals surface area contributed by atoms with Crippen LogP contribution in [-0.2, 0) is 4.74 Å². The van der Waals surface area contributed by atoms with Gasteiger partial charge >= 0.3 is 0 Å². The lowest BCUT2D eigenvalue weighted by molar-refractivity contribution is 0.0485. The third kappa shape index (κ3) is 4.66. The molecule has 0 heterocycles. The van der Waals surface area contributed by atoms with Crippen molar-refractivity contribution in [3.05, 3.63) is 59.1 Å². The van der Waals surface area contributed by atoms with Crippen LogP contribution in [0.5, 0.6) is 11.5 Å². The van der Waals surface area contributed by atoms with E-state index in [-0.39, 0.29) is 6.10 Å². The molecule has 0 radical (unpaired) electrons. The zero-order valence-corrected chi connectivity index (χ0v) is 12.9. The minimum Gasteiger partial charge on any atom is -0.490 e. The Balaban J connectivity index is 1.99. The topological polar surface area (TPSA) is 51.5 Å². The van der Waals surface area contributed by atoms with Crippen LogP contribution in [0.3, 0.4) is 0 Å². The van der Waals surface area contributed by atoms with E-state index < -0.39 is 0 Å². The van der Waals surface area contributed by atoms with Crippen LogP contribution < -0.4 is 9.47 Å². The summed E-state index contributed by atoms with van der Waals surface area (Å²) in [7, 11) is 1.60. The standard InChI is InChI=1S/C17H16ClNO3/c1-20-11-16(12-21-14-5-3-2-4-6-14)22-15-8-7-13(10-19)17(18)9-15/h2-9,16H,11-12H2,1H3. The second kappa shape index (κ2) is 8.28. The zero-order chi connectivity index (χ0) is 15.8. The van der Waals surface area contributed by atoms with Gasteiger partial charge in [0.05, 0.1) is 17.2 Å². The molecule has 0 spiro atoms. The average Bonchev–Trinajstić information content (AvgIpc) is 2.54. The third-order valence-corrected chi connectivity index (χ3v) is 3.21. The highest BCUT2D eigenvalue weighted by Crippen LogP contribution is 2.23. The first-order valence-corrected chi connectivity index (χ1v) is 7.14. The molecule has 0 aliphatic carbocycles. The van der Waals surface area contributed by atoms with Gasteiger partial charge in [-0.3, -0.25) is 0 Å². The molecule has 0 bridgehead atoms. The molecule has 4 nitrogen and oxygen atoms in total. The fraction of sp³-hybridized carbons (Fsp3) is 0.235. The number of nitriles is 1. The van der Waals surface area contributed by atoms with Gasteiger partial charge in [-0.15, -0.1) is 0 Å². The third-order valence-electron chi connectivity index (χ3n) is 2.90. The van der Waals surface area contributed by atoms with Gasteiger partial charge in [0.15, 0.2) is 6.10 Å². The molecular weight excluding hydrogens is 302 g/mol. The number of nitrogens with zero attached hydrogens (tertiary/aromatic N) is 1. The lowest BCUT2D eigenvalue weighted by Gasteiger charge is -2.19. The Labute approximate surface area is 134 Å². The summed E-state index contributed by atoms with van der Waals surface area (Å²) in [5.74, 6) is 1.34. The van der Waals surface area contributed by atoms with Crippen LogP contribution in [0.4, 0.5) is 0 Å². The molecule has 2 aromatic rings. The number of rotatable bonds is 7. The summed E-state index contributed by atoms with van der Waals surface area (Å²) >= 11 is 6.00. The van der Waals surface area contributed by atoms with E-state index in [2.05, 4.69) is 0 Å². The molecule has 0 fully saturated rings. The van der Waals surface area contributed by atoms with Crippen LogP contribution in [-0.4, -0.2) is 26.4 Å². The van der Waals surface area contributed by atoms with Crippen LogP contribution >= 0.6 is 11.6 Å². The summed E-state index contributed by atoms with van der Waals surface area (Å²) in [4.78, 5) is 0. The second-order valence-corrected chi connectivity index (χ2v) is 4.98. The number of para-hydroxylation sites is 1. The van der Waals surface area contributed by atoms with Gasteiger partial charge in [-0.2, -0.15) is 5.26 Å². The Bertz CT molecular complexity index is 640. The van der Waals surface area contributed by atoms with Crippen molar-refractivity contribution in [2.75, 3.05) is 20.3 Å². The van der Waals surface area contributed by atoms with E-state index in [9.17, 15) is 0 Å². The van der Waals surface area contributed by atoms with Crippen molar-refractivity contribution in [1.29, 1.82) is 5.26 Å². The predicted octanol–water partition coefficient (Wildman–Crippen LogP) is 3.68. The molecule has 1 atom stereocenters. The zero-order valence-electron chi connectivity index (χ0n) is 12.2. The Morgan fingerprint density at radius 3 is 2.50 bits per heavy atom. The molecule has 0 N–H and O–H groups in total. The van der Waals surface area contributed by atoms with Crippen molar-refractivity contribution in [3.8, 4) is 17.6 Å². The normalized spacial score (nSPS) is 11.5. The van der Waals surface area contributed by atoms with E-state index in [1.54, 1.807) is 25.3 Å². The largest absolute Gasteiger partial charge is 0.490 e. The van der Waals surface area contributed by atoms with Gasteiger partial charge in [0.2, 0.25) is 0 Å². The van der Waals surface area contributed by atoms with Crippen LogP contribution in [0.25, 0.3) is 0 Å². The molecule has 2 aromatic carbocycles. The maximum Gasteiger partial charge on any atom is 0.156 e. The minimum atomic E-state index is -0.283. The minimum absolute atomic E-state index is 0.283.